The molecule has 0 aliphatic rings. The van der Waals surface area contributed by atoms with Crippen LogP contribution in [-0.4, -0.2) is 12.5 Å². The molecule has 3 rings (SSSR count). The lowest BCUT2D eigenvalue weighted by atomic mass is 10.1. The van der Waals surface area contributed by atoms with Crippen molar-refractivity contribution < 1.29 is 27.1 Å². The molecule has 0 saturated heterocycles. The van der Waals surface area contributed by atoms with E-state index < -0.39 is 29.9 Å². The molecule has 0 bridgehead atoms. The number of aryl methyl sites for hydroxylation is 2. The molecule has 0 saturated carbocycles. The van der Waals surface area contributed by atoms with Crippen molar-refractivity contribution in [2.75, 3.05) is 11.9 Å². The van der Waals surface area contributed by atoms with E-state index in [-0.39, 0.29) is 16.7 Å². The molecule has 0 unspecified atom stereocenters. The van der Waals surface area contributed by atoms with Crippen molar-refractivity contribution in [3.63, 3.8) is 0 Å². The van der Waals surface area contributed by atoms with E-state index in [9.17, 15) is 22.8 Å². The number of hydrogen-bond donors (Lipinski definition) is 1. The van der Waals surface area contributed by atoms with Crippen LogP contribution >= 0.6 is 11.6 Å². The minimum absolute atomic E-state index is 0.0712. The Bertz CT molecular complexity index is 1130. The maximum atomic E-state index is 13.1. The van der Waals surface area contributed by atoms with Crippen LogP contribution < -0.4 is 15.7 Å². The van der Waals surface area contributed by atoms with Gasteiger partial charge in [-0.25, -0.2) is 4.79 Å². The third-order valence-corrected chi connectivity index (χ3v) is 4.39. The van der Waals surface area contributed by atoms with Gasteiger partial charge in [0.15, 0.2) is 6.61 Å². The van der Waals surface area contributed by atoms with E-state index >= 15 is 0 Å². The maximum absolute atomic E-state index is 13.1. The summed E-state index contributed by atoms with van der Waals surface area (Å²) in [7, 11) is 0. The van der Waals surface area contributed by atoms with Gasteiger partial charge in [0.05, 0.1) is 16.3 Å². The Morgan fingerprint density at radius 2 is 1.90 bits per heavy atom. The van der Waals surface area contributed by atoms with Gasteiger partial charge in [-0.15, -0.1) is 0 Å². The molecule has 1 N–H and O–H groups in total. The quantitative estimate of drug-likeness (QED) is 0.590. The fraction of sp³-hybridized carbons (Fsp3) is 0.200. The lowest BCUT2D eigenvalue weighted by Gasteiger charge is -2.13. The molecule has 0 spiro atoms. The molecule has 152 valence electrons. The van der Waals surface area contributed by atoms with Crippen molar-refractivity contribution >= 4 is 34.2 Å². The first kappa shape index (κ1) is 20.7. The van der Waals surface area contributed by atoms with Crippen molar-refractivity contribution in [3.8, 4) is 5.75 Å². The first-order valence-electron chi connectivity index (χ1n) is 8.39. The number of anilines is 1. The Morgan fingerprint density at radius 3 is 2.55 bits per heavy atom. The fourth-order valence-corrected chi connectivity index (χ4v) is 3.23. The SMILES string of the molecule is Cc1cc(C)c(NC(=O)COc2ccc3c(C(F)(F)F)cc(=O)oc3c2)c(Cl)c1. The summed E-state index contributed by atoms with van der Waals surface area (Å²) in [4.78, 5) is 23.6. The number of carbonyl (C=O) groups excluding carboxylic acids is 1. The number of benzene rings is 2. The molecule has 1 aromatic heterocycles. The van der Waals surface area contributed by atoms with Gasteiger partial charge >= 0.3 is 11.8 Å². The van der Waals surface area contributed by atoms with Crippen LogP contribution in [0, 0.1) is 13.8 Å². The average molecular weight is 426 g/mol. The summed E-state index contributed by atoms with van der Waals surface area (Å²) in [5.74, 6) is -0.439. The summed E-state index contributed by atoms with van der Waals surface area (Å²) in [6.45, 7) is 3.24. The first-order valence-corrected chi connectivity index (χ1v) is 8.77. The molecule has 1 amide bonds. The van der Waals surface area contributed by atoms with Crippen molar-refractivity contribution in [3.05, 3.63) is 68.5 Å². The lowest BCUT2D eigenvalue weighted by molar-refractivity contribution is -0.136. The summed E-state index contributed by atoms with van der Waals surface area (Å²) in [6, 6.07) is 7.46. The number of hydrogen-bond acceptors (Lipinski definition) is 4. The Hall–Kier alpha value is -3.00. The van der Waals surface area contributed by atoms with Crippen molar-refractivity contribution in [2.24, 2.45) is 0 Å². The topological polar surface area (TPSA) is 68.5 Å². The summed E-state index contributed by atoms with van der Waals surface area (Å²) in [5, 5.41) is 2.73. The Labute approximate surface area is 168 Å². The average Bonchev–Trinajstić information content (AvgIpc) is 2.61. The van der Waals surface area contributed by atoms with Crippen LogP contribution in [0.5, 0.6) is 5.75 Å². The van der Waals surface area contributed by atoms with Gasteiger partial charge in [0.1, 0.15) is 11.3 Å². The maximum Gasteiger partial charge on any atom is 0.417 e. The van der Waals surface area contributed by atoms with Gasteiger partial charge in [-0.2, -0.15) is 13.2 Å². The van der Waals surface area contributed by atoms with E-state index in [1.807, 2.05) is 13.0 Å². The minimum atomic E-state index is -4.71. The normalized spacial score (nSPS) is 11.5. The van der Waals surface area contributed by atoms with E-state index in [1.54, 1.807) is 13.0 Å². The van der Waals surface area contributed by atoms with Gasteiger partial charge in [0.2, 0.25) is 0 Å². The standard InChI is InChI=1S/C20H15ClF3NO4/c1-10-5-11(2)19(15(21)6-10)25-17(26)9-28-12-3-4-13-14(20(22,23)24)8-18(27)29-16(13)7-12/h3-8H,9H2,1-2H3,(H,25,26). The highest BCUT2D eigenvalue weighted by atomic mass is 35.5. The third-order valence-electron chi connectivity index (χ3n) is 4.09. The van der Waals surface area contributed by atoms with Gasteiger partial charge in [-0.3, -0.25) is 4.79 Å². The Balaban J connectivity index is 1.77. The van der Waals surface area contributed by atoms with Crippen LogP contribution in [0.1, 0.15) is 16.7 Å². The third kappa shape index (κ3) is 4.71. The van der Waals surface area contributed by atoms with Crippen LogP contribution in [0.15, 0.2) is 45.6 Å². The van der Waals surface area contributed by atoms with Gasteiger partial charge < -0.3 is 14.5 Å². The highest BCUT2D eigenvalue weighted by Crippen LogP contribution is 2.35. The number of alkyl halides is 3. The van der Waals surface area contributed by atoms with Crippen LogP contribution in [0.25, 0.3) is 11.0 Å². The van der Waals surface area contributed by atoms with Crippen molar-refractivity contribution in [2.45, 2.75) is 20.0 Å². The Morgan fingerprint density at radius 1 is 1.17 bits per heavy atom. The molecular weight excluding hydrogens is 411 g/mol. The number of fused-ring (bicyclic) bond motifs is 1. The van der Waals surface area contributed by atoms with E-state index in [4.69, 9.17) is 20.8 Å². The van der Waals surface area contributed by atoms with Gasteiger partial charge in [0, 0.05) is 17.5 Å². The monoisotopic (exact) mass is 425 g/mol. The van der Waals surface area contributed by atoms with Crippen LogP contribution in [-0.2, 0) is 11.0 Å². The summed E-state index contributed by atoms with van der Waals surface area (Å²) in [6.07, 6.45) is -4.71. The Kier molecular flexibility index (Phi) is 5.57. The molecule has 2 aromatic carbocycles. The molecule has 0 radical (unpaired) electrons. The number of carbonyl (C=O) groups is 1. The molecule has 0 atom stereocenters. The van der Waals surface area contributed by atoms with Gasteiger partial charge in [-0.05, 0) is 43.2 Å². The molecule has 3 aromatic rings. The fourth-order valence-electron chi connectivity index (χ4n) is 2.87. The highest BCUT2D eigenvalue weighted by molar-refractivity contribution is 6.34. The molecule has 9 heteroatoms. The molecule has 29 heavy (non-hydrogen) atoms. The van der Waals surface area contributed by atoms with E-state index in [0.29, 0.717) is 16.8 Å². The zero-order valence-electron chi connectivity index (χ0n) is 15.3. The number of halogens is 4. The smallest absolute Gasteiger partial charge is 0.417 e. The van der Waals surface area contributed by atoms with Crippen molar-refractivity contribution in [1.29, 1.82) is 0 Å². The first-order chi connectivity index (χ1) is 13.5. The van der Waals surface area contributed by atoms with Gasteiger partial charge in [-0.1, -0.05) is 17.7 Å². The second kappa shape index (κ2) is 7.79. The predicted molar refractivity (Wildman–Crippen MR) is 103 cm³/mol. The molecule has 0 aliphatic heterocycles. The summed E-state index contributed by atoms with van der Waals surface area (Å²) in [5.41, 5.74) is -0.361. The number of amides is 1. The highest BCUT2D eigenvalue weighted by Gasteiger charge is 2.33. The van der Waals surface area contributed by atoms with E-state index in [1.165, 1.54) is 6.07 Å². The summed E-state index contributed by atoms with van der Waals surface area (Å²) < 4.78 is 49.4. The van der Waals surface area contributed by atoms with Crippen LogP contribution in [0.4, 0.5) is 18.9 Å². The minimum Gasteiger partial charge on any atom is -0.484 e. The zero-order valence-corrected chi connectivity index (χ0v) is 16.1. The van der Waals surface area contributed by atoms with E-state index in [0.717, 1.165) is 23.3 Å². The van der Waals surface area contributed by atoms with Crippen molar-refractivity contribution in [1.82, 2.24) is 0 Å². The molecule has 5 nitrogen and oxygen atoms in total. The predicted octanol–water partition coefficient (Wildman–Crippen LogP) is 5.10. The summed E-state index contributed by atoms with van der Waals surface area (Å²) >= 11 is 6.14. The number of ether oxygens (including phenoxy) is 1. The largest absolute Gasteiger partial charge is 0.484 e. The molecule has 1 heterocycles. The van der Waals surface area contributed by atoms with E-state index in [2.05, 4.69) is 5.32 Å². The lowest BCUT2D eigenvalue weighted by Crippen LogP contribution is -2.21. The number of nitrogens with one attached hydrogen (secondary N) is 1. The van der Waals surface area contributed by atoms with Crippen LogP contribution in [0.2, 0.25) is 5.02 Å². The molecular formula is C20H15ClF3NO4. The molecule has 0 aliphatic carbocycles. The molecule has 0 fully saturated rings. The van der Waals surface area contributed by atoms with Gasteiger partial charge in [0.25, 0.3) is 5.91 Å². The zero-order chi connectivity index (χ0) is 21.3. The second-order valence-corrected chi connectivity index (χ2v) is 6.82. The number of rotatable bonds is 4. The van der Waals surface area contributed by atoms with Crippen LogP contribution in [0.3, 0.4) is 0 Å². The second-order valence-electron chi connectivity index (χ2n) is 6.41.